The highest BCUT2D eigenvalue weighted by Crippen LogP contribution is 2.14. The minimum atomic E-state index is -0.752. The van der Waals surface area contributed by atoms with Gasteiger partial charge in [0.05, 0.1) is 6.61 Å². The van der Waals surface area contributed by atoms with Crippen molar-refractivity contribution in [3.05, 3.63) is 26.5 Å². The molecule has 13 heavy (non-hydrogen) atoms. The van der Waals surface area contributed by atoms with Crippen molar-refractivity contribution in [3.8, 4) is 0 Å². The first-order chi connectivity index (χ1) is 5.97. The zero-order chi connectivity index (χ0) is 10.1. The largest absolute Gasteiger partial charge is 0.395 e. The van der Waals surface area contributed by atoms with Gasteiger partial charge in [-0.05, 0) is 0 Å². The maximum Gasteiger partial charge on any atom is 0.342 e. The molecule has 0 spiro atoms. The summed E-state index contributed by atoms with van der Waals surface area (Å²) < 4.78 is 0. The molecule has 0 saturated carbocycles. The zero-order valence-electron chi connectivity index (χ0n) is 7.42. The third-order valence-corrected chi connectivity index (χ3v) is 1.75. The predicted octanol–water partition coefficient (Wildman–Crippen LogP) is -1.27. The van der Waals surface area contributed by atoms with Crippen LogP contribution in [-0.4, -0.2) is 26.9 Å². The van der Waals surface area contributed by atoms with Gasteiger partial charge in [-0.1, -0.05) is 13.8 Å². The Morgan fingerprint density at radius 1 is 1.46 bits per heavy atom. The van der Waals surface area contributed by atoms with E-state index in [2.05, 4.69) is 10.2 Å². The molecule has 6 heteroatoms. The van der Waals surface area contributed by atoms with E-state index in [1.165, 1.54) is 0 Å². The lowest BCUT2D eigenvalue weighted by Crippen LogP contribution is -2.36. The van der Waals surface area contributed by atoms with Crippen LogP contribution >= 0.6 is 0 Å². The third kappa shape index (κ3) is 1.83. The summed E-state index contributed by atoms with van der Waals surface area (Å²) in [6, 6.07) is 0. The van der Waals surface area contributed by atoms with Crippen molar-refractivity contribution in [2.24, 2.45) is 0 Å². The molecule has 0 aliphatic carbocycles. The average molecular weight is 185 g/mol. The normalized spacial score (nSPS) is 11.6. The van der Waals surface area contributed by atoms with Crippen LogP contribution in [0.5, 0.6) is 0 Å². The van der Waals surface area contributed by atoms with Gasteiger partial charge < -0.3 is 5.11 Å². The van der Waals surface area contributed by atoms with E-state index in [4.69, 9.17) is 5.11 Å². The molecule has 6 nitrogen and oxygen atoms in total. The van der Waals surface area contributed by atoms with E-state index in [1.54, 1.807) is 13.8 Å². The maximum absolute atomic E-state index is 11.2. The predicted molar refractivity (Wildman–Crippen MR) is 45.6 cm³/mol. The number of aliphatic hydroxyl groups is 1. The maximum atomic E-state index is 11.2. The number of aromatic nitrogens is 3. The fourth-order valence-electron chi connectivity index (χ4n) is 0.881. The van der Waals surface area contributed by atoms with Gasteiger partial charge in [0.15, 0.2) is 0 Å². The molecule has 1 aromatic heterocycles. The van der Waals surface area contributed by atoms with Crippen LogP contribution in [0.2, 0.25) is 0 Å². The van der Waals surface area contributed by atoms with E-state index in [1.807, 2.05) is 4.98 Å². The second-order valence-electron chi connectivity index (χ2n) is 3.40. The van der Waals surface area contributed by atoms with E-state index in [9.17, 15) is 9.59 Å². The number of aromatic amines is 2. The summed E-state index contributed by atoms with van der Waals surface area (Å²) in [6.07, 6.45) is 0. The molecule has 0 unspecified atom stereocenters. The minimum absolute atomic E-state index is 0.120. The number of hydrogen-bond donors (Lipinski definition) is 3. The first-order valence-electron chi connectivity index (χ1n) is 3.78. The Labute approximate surface area is 73.6 Å². The van der Waals surface area contributed by atoms with Crippen molar-refractivity contribution in [2.75, 3.05) is 6.61 Å². The van der Waals surface area contributed by atoms with Gasteiger partial charge >= 0.3 is 5.69 Å². The number of H-pyrrole nitrogens is 2. The van der Waals surface area contributed by atoms with Crippen molar-refractivity contribution in [3.63, 3.8) is 0 Å². The standard InChI is InChI=1S/C7H11N3O3/c1-7(2,3-11)4-5(12)8-6(13)10-9-4/h11H,3H2,1-2H3,(H2,8,10,12,13). The van der Waals surface area contributed by atoms with Crippen LogP contribution in [0.4, 0.5) is 0 Å². The highest BCUT2D eigenvalue weighted by Gasteiger charge is 2.24. The second-order valence-corrected chi connectivity index (χ2v) is 3.40. The van der Waals surface area contributed by atoms with E-state index in [0.29, 0.717) is 0 Å². The van der Waals surface area contributed by atoms with Crippen molar-refractivity contribution in [1.82, 2.24) is 15.2 Å². The molecule has 1 aromatic rings. The molecule has 0 atom stereocenters. The molecule has 72 valence electrons. The van der Waals surface area contributed by atoms with Gasteiger partial charge in [0.1, 0.15) is 5.69 Å². The highest BCUT2D eigenvalue weighted by molar-refractivity contribution is 5.07. The van der Waals surface area contributed by atoms with E-state index in [-0.39, 0.29) is 12.3 Å². The molecule has 0 aromatic carbocycles. The molecule has 0 aliphatic heterocycles. The first-order valence-corrected chi connectivity index (χ1v) is 3.78. The molecule has 1 rings (SSSR count). The number of hydrogen-bond acceptors (Lipinski definition) is 4. The summed E-state index contributed by atoms with van der Waals surface area (Å²) in [5.74, 6) is 0. The van der Waals surface area contributed by atoms with Crippen LogP contribution in [0.1, 0.15) is 19.5 Å². The molecular formula is C7H11N3O3. The monoisotopic (exact) mass is 185 g/mol. The summed E-state index contributed by atoms with van der Waals surface area (Å²) in [6.45, 7) is 3.10. The lowest BCUT2D eigenvalue weighted by molar-refractivity contribution is 0.213. The van der Waals surface area contributed by atoms with Crippen molar-refractivity contribution >= 4 is 0 Å². The number of aliphatic hydroxyl groups excluding tert-OH is 1. The van der Waals surface area contributed by atoms with Crippen molar-refractivity contribution in [2.45, 2.75) is 19.3 Å². The minimum Gasteiger partial charge on any atom is -0.395 e. The van der Waals surface area contributed by atoms with E-state index in [0.717, 1.165) is 0 Å². The average Bonchev–Trinajstić information content (AvgIpc) is 2.03. The highest BCUT2D eigenvalue weighted by atomic mass is 16.3. The molecule has 0 radical (unpaired) electrons. The Kier molecular flexibility index (Phi) is 2.33. The van der Waals surface area contributed by atoms with Crippen molar-refractivity contribution < 1.29 is 5.11 Å². The molecule has 0 amide bonds. The summed E-state index contributed by atoms with van der Waals surface area (Å²) in [5, 5.41) is 14.6. The molecule has 1 heterocycles. The topological polar surface area (TPSA) is 98.8 Å². The van der Waals surface area contributed by atoms with Crippen LogP contribution < -0.4 is 11.2 Å². The van der Waals surface area contributed by atoms with Crippen LogP contribution in [-0.2, 0) is 5.41 Å². The van der Waals surface area contributed by atoms with Crippen LogP contribution in [0.3, 0.4) is 0 Å². The van der Waals surface area contributed by atoms with Gasteiger partial charge in [-0.25, -0.2) is 9.89 Å². The van der Waals surface area contributed by atoms with Gasteiger partial charge in [-0.15, -0.1) is 0 Å². The molecule has 3 N–H and O–H groups in total. The molecule has 0 saturated heterocycles. The lowest BCUT2D eigenvalue weighted by atomic mass is 9.91. The van der Waals surface area contributed by atoms with Gasteiger partial charge in [0.2, 0.25) is 0 Å². The smallest absolute Gasteiger partial charge is 0.342 e. The fraction of sp³-hybridized carbons (Fsp3) is 0.571. The molecule has 0 aliphatic rings. The first kappa shape index (κ1) is 9.66. The zero-order valence-corrected chi connectivity index (χ0v) is 7.42. The fourth-order valence-corrected chi connectivity index (χ4v) is 0.881. The van der Waals surface area contributed by atoms with Crippen molar-refractivity contribution in [1.29, 1.82) is 0 Å². The number of nitrogens with zero attached hydrogens (tertiary/aromatic N) is 1. The Morgan fingerprint density at radius 2 is 2.08 bits per heavy atom. The number of rotatable bonds is 2. The van der Waals surface area contributed by atoms with Gasteiger partial charge in [0.25, 0.3) is 5.56 Å². The van der Waals surface area contributed by atoms with Gasteiger partial charge in [-0.2, -0.15) is 5.10 Å². The summed E-state index contributed by atoms with van der Waals surface area (Å²) in [5.41, 5.74) is -1.85. The SMILES string of the molecule is CC(C)(CO)c1n[nH]c(=O)[nH]c1=O. The van der Waals surface area contributed by atoms with Crippen LogP contribution in [0.15, 0.2) is 9.59 Å². The second kappa shape index (κ2) is 3.14. The van der Waals surface area contributed by atoms with E-state index < -0.39 is 16.7 Å². The van der Waals surface area contributed by atoms with E-state index >= 15 is 0 Å². The summed E-state index contributed by atoms with van der Waals surface area (Å²) in [7, 11) is 0. The Morgan fingerprint density at radius 3 is 2.54 bits per heavy atom. The van der Waals surface area contributed by atoms with Crippen LogP contribution in [0, 0.1) is 0 Å². The summed E-state index contributed by atoms with van der Waals surface area (Å²) >= 11 is 0. The summed E-state index contributed by atoms with van der Waals surface area (Å²) in [4.78, 5) is 23.9. The molecule has 0 fully saturated rings. The van der Waals surface area contributed by atoms with Gasteiger partial charge in [0, 0.05) is 5.41 Å². The Bertz CT molecular complexity index is 404. The van der Waals surface area contributed by atoms with Gasteiger partial charge in [-0.3, -0.25) is 9.78 Å². The quantitative estimate of drug-likeness (QED) is 0.534. The molecule has 0 bridgehead atoms. The molecular weight excluding hydrogens is 174 g/mol. The lowest BCUT2D eigenvalue weighted by Gasteiger charge is -2.18. The third-order valence-electron chi connectivity index (χ3n) is 1.75. The van der Waals surface area contributed by atoms with Crippen LogP contribution in [0.25, 0.3) is 0 Å². The Hall–Kier alpha value is -1.43. The Balaban J connectivity index is 3.32. The number of nitrogens with one attached hydrogen (secondary N) is 2.